The van der Waals surface area contributed by atoms with Gasteiger partial charge in [-0.15, -0.1) is 11.8 Å². The molecule has 3 N–H and O–H groups in total. The third-order valence-corrected chi connectivity index (χ3v) is 3.93. The van der Waals surface area contributed by atoms with E-state index in [1.807, 2.05) is 18.4 Å². The number of likely N-dealkylation sites (tertiary alicyclic amines) is 1. The summed E-state index contributed by atoms with van der Waals surface area (Å²) in [5, 5.41) is 21.2. The van der Waals surface area contributed by atoms with E-state index in [4.69, 9.17) is 5.11 Å². The molecule has 1 aromatic rings. The molecule has 108 valence electrons. The predicted octanol–water partition coefficient (Wildman–Crippen LogP) is 1.46. The predicted molar refractivity (Wildman–Crippen MR) is 76.0 cm³/mol. The largest absolute Gasteiger partial charge is 0.465 e. The fraction of sp³-hybridized carbons (Fsp3) is 0.385. The number of carboxylic acid groups (broad SMARTS) is 1. The van der Waals surface area contributed by atoms with Crippen LogP contribution in [0.25, 0.3) is 0 Å². The first-order valence-electron chi connectivity index (χ1n) is 6.14. The summed E-state index contributed by atoms with van der Waals surface area (Å²) in [4.78, 5) is 25.2. The minimum Gasteiger partial charge on any atom is -0.465 e. The molecule has 0 saturated carbocycles. The minimum absolute atomic E-state index is 0.0289. The lowest BCUT2D eigenvalue weighted by Gasteiger charge is -2.20. The molecule has 2 unspecified atom stereocenters. The van der Waals surface area contributed by atoms with Crippen molar-refractivity contribution in [2.75, 3.05) is 18.1 Å². The molecule has 6 nitrogen and oxygen atoms in total. The van der Waals surface area contributed by atoms with E-state index >= 15 is 0 Å². The third kappa shape index (κ3) is 3.23. The SMILES string of the molecule is CSc1ccc(NC(=O)C2CC(O)CN2C(=O)O)cc1. The van der Waals surface area contributed by atoms with E-state index in [0.717, 1.165) is 9.80 Å². The first-order valence-corrected chi connectivity index (χ1v) is 7.36. The van der Waals surface area contributed by atoms with Crippen LogP contribution >= 0.6 is 11.8 Å². The van der Waals surface area contributed by atoms with Crippen molar-refractivity contribution in [3.05, 3.63) is 24.3 Å². The third-order valence-electron chi connectivity index (χ3n) is 3.18. The van der Waals surface area contributed by atoms with E-state index in [1.165, 1.54) is 0 Å². The standard InChI is InChI=1S/C13H16N2O4S/c1-20-10-4-2-8(3-5-10)14-12(17)11-6-9(16)7-15(11)13(18)19/h2-5,9,11,16H,6-7H2,1H3,(H,14,17)(H,18,19). The normalized spacial score (nSPS) is 21.8. The van der Waals surface area contributed by atoms with Crippen LogP contribution in [-0.4, -0.2) is 52.1 Å². The maximum Gasteiger partial charge on any atom is 0.408 e. The molecule has 0 bridgehead atoms. The highest BCUT2D eigenvalue weighted by atomic mass is 32.2. The van der Waals surface area contributed by atoms with Crippen LogP contribution in [0.1, 0.15) is 6.42 Å². The molecular formula is C13H16N2O4S. The van der Waals surface area contributed by atoms with Crippen molar-refractivity contribution in [1.82, 2.24) is 4.90 Å². The zero-order valence-electron chi connectivity index (χ0n) is 10.9. The molecule has 2 rings (SSSR count). The molecule has 7 heteroatoms. The number of amides is 2. The number of aliphatic hydroxyl groups is 1. The Labute approximate surface area is 120 Å². The molecule has 1 fully saturated rings. The number of aliphatic hydroxyl groups excluding tert-OH is 1. The number of rotatable bonds is 3. The Balaban J connectivity index is 2.04. The lowest BCUT2D eigenvalue weighted by Crippen LogP contribution is -2.42. The number of carbonyl (C=O) groups excluding carboxylic acids is 1. The molecule has 1 saturated heterocycles. The van der Waals surface area contributed by atoms with Crippen LogP contribution in [0.5, 0.6) is 0 Å². The maximum absolute atomic E-state index is 12.1. The summed E-state index contributed by atoms with van der Waals surface area (Å²) in [6, 6.07) is 6.43. The summed E-state index contributed by atoms with van der Waals surface area (Å²) in [5.41, 5.74) is 0.611. The van der Waals surface area contributed by atoms with Gasteiger partial charge in [0, 0.05) is 17.0 Å². The Morgan fingerprint density at radius 3 is 2.55 bits per heavy atom. The summed E-state index contributed by atoms with van der Waals surface area (Å²) in [7, 11) is 0. The lowest BCUT2D eigenvalue weighted by atomic mass is 10.2. The molecule has 1 aliphatic rings. The molecule has 1 aliphatic heterocycles. The number of thioether (sulfide) groups is 1. The molecule has 1 heterocycles. The quantitative estimate of drug-likeness (QED) is 0.735. The van der Waals surface area contributed by atoms with Gasteiger partial charge in [-0.25, -0.2) is 4.79 Å². The highest BCUT2D eigenvalue weighted by molar-refractivity contribution is 7.98. The van der Waals surface area contributed by atoms with Gasteiger partial charge < -0.3 is 15.5 Å². The van der Waals surface area contributed by atoms with Gasteiger partial charge in [0.1, 0.15) is 6.04 Å². The number of β-amino-alcohol motifs (C(OH)–C–C–N with tert-alkyl or cyclic N) is 1. The number of carbonyl (C=O) groups is 2. The van der Waals surface area contributed by atoms with E-state index in [0.29, 0.717) is 5.69 Å². The number of nitrogens with zero attached hydrogens (tertiary/aromatic N) is 1. The second-order valence-corrected chi connectivity index (χ2v) is 5.44. The second kappa shape index (κ2) is 6.15. The molecule has 2 atom stereocenters. The minimum atomic E-state index is -1.19. The van der Waals surface area contributed by atoms with Gasteiger partial charge in [0.2, 0.25) is 5.91 Å². The average molecular weight is 296 g/mol. The Hall–Kier alpha value is -1.73. The first-order chi connectivity index (χ1) is 9.51. The topological polar surface area (TPSA) is 89.9 Å². The summed E-state index contributed by atoms with van der Waals surface area (Å²) in [6.07, 6.45) is 0.0966. The molecule has 20 heavy (non-hydrogen) atoms. The van der Waals surface area contributed by atoms with E-state index < -0.39 is 24.1 Å². The van der Waals surface area contributed by atoms with Crippen molar-refractivity contribution in [3.8, 4) is 0 Å². The molecular weight excluding hydrogens is 280 g/mol. The molecule has 2 amide bonds. The molecule has 0 aromatic heterocycles. The lowest BCUT2D eigenvalue weighted by molar-refractivity contribution is -0.120. The van der Waals surface area contributed by atoms with Gasteiger partial charge in [0.05, 0.1) is 12.6 Å². The Bertz CT molecular complexity index is 506. The van der Waals surface area contributed by atoms with Crippen LogP contribution in [0.4, 0.5) is 10.5 Å². The second-order valence-electron chi connectivity index (χ2n) is 4.56. The summed E-state index contributed by atoms with van der Waals surface area (Å²) >= 11 is 1.59. The van der Waals surface area contributed by atoms with Gasteiger partial charge in [-0.1, -0.05) is 0 Å². The number of anilines is 1. The van der Waals surface area contributed by atoms with Crippen molar-refractivity contribution in [2.45, 2.75) is 23.5 Å². The highest BCUT2D eigenvalue weighted by Gasteiger charge is 2.38. The van der Waals surface area contributed by atoms with Crippen molar-refractivity contribution in [1.29, 1.82) is 0 Å². The van der Waals surface area contributed by atoms with Gasteiger partial charge in [-0.3, -0.25) is 9.69 Å². The van der Waals surface area contributed by atoms with Crippen LogP contribution in [0.3, 0.4) is 0 Å². The number of hydrogen-bond acceptors (Lipinski definition) is 4. The molecule has 0 spiro atoms. The molecule has 0 aliphatic carbocycles. The fourth-order valence-electron chi connectivity index (χ4n) is 2.17. The zero-order chi connectivity index (χ0) is 14.7. The number of benzene rings is 1. The van der Waals surface area contributed by atoms with E-state index in [2.05, 4.69) is 5.32 Å². The van der Waals surface area contributed by atoms with Crippen LogP contribution in [0.2, 0.25) is 0 Å². The average Bonchev–Trinajstić information content (AvgIpc) is 2.82. The first kappa shape index (κ1) is 14.7. The van der Waals surface area contributed by atoms with Crippen LogP contribution < -0.4 is 5.32 Å². The number of nitrogens with one attached hydrogen (secondary N) is 1. The fourth-order valence-corrected chi connectivity index (χ4v) is 2.58. The van der Waals surface area contributed by atoms with E-state index in [-0.39, 0.29) is 13.0 Å². The monoisotopic (exact) mass is 296 g/mol. The van der Waals surface area contributed by atoms with Crippen molar-refractivity contribution >= 4 is 29.4 Å². The Morgan fingerprint density at radius 1 is 1.35 bits per heavy atom. The van der Waals surface area contributed by atoms with Gasteiger partial charge in [-0.2, -0.15) is 0 Å². The summed E-state index contributed by atoms with van der Waals surface area (Å²) in [6.45, 7) is -0.0289. The molecule has 1 aromatic carbocycles. The van der Waals surface area contributed by atoms with E-state index in [1.54, 1.807) is 23.9 Å². The van der Waals surface area contributed by atoms with Crippen molar-refractivity contribution in [2.24, 2.45) is 0 Å². The summed E-state index contributed by atoms with van der Waals surface area (Å²) in [5.74, 6) is -0.416. The zero-order valence-corrected chi connectivity index (χ0v) is 11.8. The van der Waals surface area contributed by atoms with Crippen LogP contribution in [0.15, 0.2) is 29.2 Å². The van der Waals surface area contributed by atoms with Crippen molar-refractivity contribution < 1.29 is 19.8 Å². The Morgan fingerprint density at radius 2 is 2.00 bits per heavy atom. The highest BCUT2D eigenvalue weighted by Crippen LogP contribution is 2.21. The van der Waals surface area contributed by atoms with Gasteiger partial charge >= 0.3 is 6.09 Å². The van der Waals surface area contributed by atoms with Crippen LogP contribution in [0, 0.1) is 0 Å². The molecule has 0 radical (unpaired) electrons. The smallest absolute Gasteiger partial charge is 0.408 e. The summed E-state index contributed by atoms with van der Waals surface area (Å²) < 4.78 is 0. The van der Waals surface area contributed by atoms with Gasteiger partial charge in [0.25, 0.3) is 0 Å². The van der Waals surface area contributed by atoms with E-state index in [9.17, 15) is 14.7 Å². The van der Waals surface area contributed by atoms with Crippen molar-refractivity contribution in [3.63, 3.8) is 0 Å². The number of hydrogen-bond donors (Lipinski definition) is 3. The Kier molecular flexibility index (Phi) is 4.51. The van der Waals surface area contributed by atoms with Crippen LogP contribution in [-0.2, 0) is 4.79 Å². The maximum atomic E-state index is 12.1. The van der Waals surface area contributed by atoms with Gasteiger partial charge in [-0.05, 0) is 30.5 Å². The van der Waals surface area contributed by atoms with Gasteiger partial charge in [0.15, 0.2) is 0 Å².